The molecule has 0 spiro atoms. The van der Waals surface area contributed by atoms with Crippen molar-refractivity contribution in [2.24, 2.45) is 0 Å². The molecule has 1 aliphatic heterocycles. The van der Waals surface area contributed by atoms with Crippen LogP contribution < -0.4 is 20.7 Å². The molecule has 2 amide bonds. The Labute approximate surface area is 145 Å². The number of nitrogens with zero attached hydrogens (tertiary/aromatic N) is 3. The first kappa shape index (κ1) is 16.8. The maximum absolute atomic E-state index is 12.3. The number of methoxy groups -OCH3 is 1. The van der Waals surface area contributed by atoms with Gasteiger partial charge in [0.25, 0.3) is 0 Å². The molecule has 1 aromatic carbocycles. The summed E-state index contributed by atoms with van der Waals surface area (Å²) >= 11 is 0. The fraction of sp³-hybridized carbons (Fsp3) is 0.353. The predicted octanol–water partition coefficient (Wildman–Crippen LogP) is 0.704. The number of aryl methyl sites for hydroxylation is 1. The van der Waals surface area contributed by atoms with E-state index < -0.39 is 0 Å². The summed E-state index contributed by atoms with van der Waals surface area (Å²) in [7, 11) is 1.58. The highest BCUT2D eigenvalue weighted by Crippen LogP contribution is 2.25. The number of carbonyl (C=O) groups excluding carboxylic acids is 2. The predicted molar refractivity (Wildman–Crippen MR) is 93.3 cm³/mol. The van der Waals surface area contributed by atoms with Crippen molar-refractivity contribution in [3.8, 4) is 5.75 Å². The van der Waals surface area contributed by atoms with Crippen LogP contribution in [0.2, 0.25) is 0 Å². The van der Waals surface area contributed by atoms with Crippen LogP contribution in [0.25, 0.3) is 0 Å². The Morgan fingerprint density at radius 3 is 2.92 bits per heavy atom. The molecule has 1 saturated heterocycles. The van der Waals surface area contributed by atoms with Gasteiger partial charge in [-0.25, -0.2) is 4.68 Å². The molecule has 132 valence electrons. The lowest BCUT2D eigenvalue weighted by Crippen LogP contribution is -2.39. The molecule has 8 heteroatoms. The third kappa shape index (κ3) is 3.73. The Morgan fingerprint density at radius 1 is 1.44 bits per heavy atom. The van der Waals surface area contributed by atoms with Gasteiger partial charge in [0.2, 0.25) is 11.8 Å². The lowest BCUT2D eigenvalue weighted by Gasteiger charge is -2.18. The summed E-state index contributed by atoms with van der Waals surface area (Å²) in [4.78, 5) is 26.1. The van der Waals surface area contributed by atoms with Crippen LogP contribution in [0.5, 0.6) is 5.75 Å². The van der Waals surface area contributed by atoms with E-state index >= 15 is 0 Å². The van der Waals surface area contributed by atoms with Crippen LogP contribution >= 0.6 is 0 Å². The SMILES string of the molecule is COc1cccc(N2CC(NC(=O)Cn3nc(C)cc3N)CC2=O)c1. The van der Waals surface area contributed by atoms with Gasteiger partial charge in [-0.2, -0.15) is 5.10 Å². The average Bonchev–Trinajstić information content (AvgIpc) is 3.09. The quantitative estimate of drug-likeness (QED) is 0.832. The number of nitrogens with two attached hydrogens (primary N) is 1. The number of nitrogen functional groups attached to an aromatic ring is 1. The summed E-state index contributed by atoms with van der Waals surface area (Å²) < 4.78 is 6.64. The molecule has 1 unspecified atom stereocenters. The van der Waals surface area contributed by atoms with Crippen molar-refractivity contribution >= 4 is 23.3 Å². The molecule has 3 N–H and O–H groups in total. The normalized spacial score (nSPS) is 17.0. The van der Waals surface area contributed by atoms with Crippen molar-refractivity contribution in [3.05, 3.63) is 36.0 Å². The zero-order valence-electron chi connectivity index (χ0n) is 14.2. The van der Waals surface area contributed by atoms with E-state index in [9.17, 15) is 9.59 Å². The van der Waals surface area contributed by atoms with Gasteiger partial charge in [0, 0.05) is 30.8 Å². The number of carbonyl (C=O) groups is 2. The molecule has 0 radical (unpaired) electrons. The molecule has 2 heterocycles. The van der Waals surface area contributed by atoms with Crippen molar-refractivity contribution < 1.29 is 14.3 Å². The van der Waals surface area contributed by atoms with E-state index in [1.165, 1.54) is 4.68 Å². The fourth-order valence-electron chi connectivity index (χ4n) is 2.93. The Kier molecular flexibility index (Phi) is 4.60. The highest BCUT2D eigenvalue weighted by Gasteiger charge is 2.31. The Balaban J connectivity index is 1.62. The maximum atomic E-state index is 12.3. The van der Waals surface area contributed by atoms with Crippen molar-refractivity contribution in [3.63, 3.8) is 0 Å². The minimum Gasteiger partial charge on any atom is -0.497 e. The van der Waals surface area contributed by atoms with Crippen LogP contribution in [0.1, 0.15) is 12.1 Å². The van der Waals surface area contributed by atoms with Gasteiger partial charge in [0.15, 0.2) is 0 Å². The smallest absolute Gasteiger partial charge is 0.242 e. The molecule has 1 aliphatic rings. The summed E-state index contributed by atoms with van der Waals surface area (Å²) in [6, 6.07) is 8.75. The molecule has 2 aromatic rings. The van der Waals surface area contributed by atoms with Gasteiger partial charge in [0.05, 0.1) is 18.8 Å². The number of amides is 2. The van der Waals surface area contributed by atoms with Crippen LogP contribution in [0.4, 0.5) is 11.5 Å². The second-order valence-corrected chi connectivity index (χ2v) is 6.04. The molecule has 0 aliphatic carbocycles. The van der Waals surface area contributed by atoms with Gasteiger partial charge in [-0.05, 0) is 19.1 Å². The summed E-state index contributed by atoms with van der Waals surface area (Å²) in [5.74, 6) is 0.864. The summed E-state index contributed by atoms with van der Waals surface area (Å²) in [6.07, 6.45) is 0.260. The highest BCUT2D eigenvalue weighted by molar-refractivity contribution is 5.97. The highest BCUT2D eigenvalue weighted by atomic mass is 16.5. The van der Waals surface area contributed by atoms with Crippen molar-refractivity contribution in [2.45, 2.75) is 25.9 Å². The lowest BCUT2D eigenvalue weighted by molar-refractivity contribution is -0.122. The zero-order valence-corrected chi connectivity index (χ0v) is 14.2. The minimum absolute atomic E-state index is 0.0313. The molecule has 25 heavy (non-hydrogen) atoms. The van der Waals surface area contributed by atoms with E-state index in [4.69, 9.17) is 10.5 Å². The Hall–Kier alpha value is -3.03. The van der Waals surface area contributed by atoms with Crippen molar-refractivity contribution in [1.82, 2.24) is 15.1 Å². The second-order valence-electron chi connectivity index (χ2n) is 6.04. The Bertz CT molecular complexity index is 801. The van der Waals surface area contributed by atoms with Crippen molar-refractivity contribution in [1.29, 1.82) is 0 Å². The third-order valence-corrected chi connectivity index (χ3v) is 4.08. The second kappa shape index (κ2) is 6.84. The molecule has 8 nitrogen and oxygen atoms in total. The largest absolute Gasteiger partial charge is 0.497 e. The van der Waals surface area contributed by atoms with E-state index in [1.54, 1.807) is 24.1 Å². The molecular weight excluding hydrogens is 322 g/mol. The van der Waals surface area contributed by atoms with Gasteiger partial charge in [-0.1, -0.05) is 6.07 Å². The van der Waals surface area contributed by atoms with Crippen LogP contribution in [0.3, 0.4) is 0 Å². The first-order valence-electron chi connectivity index (χ1n) is 8.00. The maximum Gasteiger partial charge on any atom is 0.242 e. The van der Waals surface area contributed by atoms with Crippen LogP contribution in [-0.4, -0.2) is 41.3 Å². The van der Waals surface area contributed by atoms with Crippen molar-refractivity contribution in [2.75, 3.05) is 24.3 Å². The fourth-order valence-corrected chi connectivity index (χ4v) is 2.93. The van der Waals surface area contributed by atoms with Crippen LogP contribution in [0.15, 0.2) is 30.3 Å². The number of anilines is 2. The molecule has 1 fully saturated rings. The van der Waals surface area contributed by atoms with E-state index in [0.29, 0.717) is 18.1 Å². The molecule has 0 bridgehead atoms. The van der Waals surface area contributed by atoms with Gasteiger partial charge in [-0.15, -0.1) is 0 Å². The van der Waals surface area contributed by atoms with E-state index in [0.717, 1.165) is 11.4 Å². The van der Waals surface area contributed by atoms with Crippen LogP contribution in [-0.2, 0) is 16.1 Å². The summed E-state index contributed by atoms with van der Waals surface area (Å²) in [5, 5.41) is 7.03. The third-order valence-electron chi connectivity index (χ3n) is 4.08. The van der Waals surface area contributed by atoms with E-state index in [-0.39, 0.29) is 30.8 Å². The topological polar surface area (TPSA) is 102 Å². The van der Waals surface area contributed by atoms with Gasteiger partial charge >= 0.3 is 0 Å². The van der Waals surface area contributed by atoms with Crippen LogP contribution in [0, 0.1) is 6.92 Å². The number of hydrogen-bond donors (Lipinski definition) is 2. The Morgan fingerprint density at radius 2 is 2.24 bits per heavy atom. The molecule has 3 rings (SSSR count). The van der Waals surface area contributed by atoms with E-state index in [1.807, 2.05) is 25.1 Å². The first-order chi connectivity index (χ1) is 12.0. The van der Waals surface area contributed by atoms with E-state index in [2.05, 4.69) is 10.4 Å². The number of ether oxygens (including phenoxy) is 1. The molecule has 1 aromatic heterocycles. The number of benzene rings is 1. The monoisotopic (exact) mass is 343 g/mol. The average molecular weight is 343 g/mol. The summed E-state index contributed by atoms with van der Waals surface area (Å²) in [5.41, 5.74) is 7.30. The van der Waals surface area contributed by atoms with Gasteiger partial charge in [-0.3, -0.25) is 9.59 Å². The number of aromatic nitrogens is 2. The molecular formula is C17H21N5O3. The molecule has 1 atom stereocenters. The lowest BCUT2D eigenvalue weighted by atomic mass is 10.2. The standard InChI is InChI=1S/C17H21N5O3/c1-11-6-15(18)22(20-11)10-16(23)19-12-7-17(24)21(9-12)13-4-3-5-14(8-13)25-2/h3-6,8,12H,7,9-10,18H2,1-2H3,(H,19,23). The first-order valence-corrected chi connectivity index (χ1v) is 8.00. The minimum atomic E-state index is -0.246. The zero-order chi connectivity index (χ0) is 18.0. The number of hydrogen-bond acceptors (Lipinski definition) is 5. The number of nitrogens with one attached hydrogen (secondary N) is 1. The number of rotatable bonds is 5. The molecule has 0 saturated carbocycles. The van der Waals surface area contributed by atoms with Gasteiger partial charge < -0.3 is 20.7 Å². The van der Waals surface area contributed by atoms with Gasteiger partial charge in [0.1, 0.15) is 18.1 Å². The summed E-state index contributed by atoms with van der Waals surface area (Å²) in [6.45, 7) is 2.27.